The number of carbonyl (C=O) groups is 1. The van der Waals surface area contributed by atoms with Crippen LogP contribution >= 0.6 is 23.2 Å². The van der Waals surface area contributed by atoms with Crippen LogP contribution in [0.25, 0.3) is 11.0 Å². The van der Waals surface area contributed by atoms with Gasteiger partial charge in [-0.1, -0.05) is 35.3 Å². The molecule has 2 aromatic carbocycles. The maximum absolute atomic E-state index is 13.8. The second kappa shape index (κ2) is 6.93. The van der Waals surface area contributed by atoms with Crippen LogP contribution in [-0.2, 0) is 0 Å². The number of aromatic nitrogens is 1. The minimum atomic E-state index is -0.860. The minimum absolute atomic E-state index is 0.0504. The normalized spacial score (nSPS) is 15.6. The third-order valence-corrected chi connectivity index (χ3v) is 5.73. The van der Waals surface area contributed by atoms with E-state index >= 15 is 0 Å². The summed E-state index contributed by atoms with van der Waals surface area (Å²) >= 11 is 12.3. The molecular formula is C22H11Cl2FN2O3. The largest absolute Gasteiger partial charge is 0.450 e. The lowest BCUT2D eigenvalue weighted by molar-refractivity contribution is 0.0970. The zero-order valence-electron chi connectivity index (χ0n) is 15.1. The highest BCUT2D eigenvalue weighted by Crippen LogP contribution is 2.41. The van der Waals surface area contributed by atoms with Crippen LogP contribution in [0.5, 0.6) is 0 Å². The van der Waals surface area contributed by atoms with Crippen LogP contribution in [-0.4, -0.2) is 10.9 Å². The summed E-state index contributed by atoms with van der Waals surface area (Å²) in [6.45, 7) is 0. The summed E-state index contributed by atoms with van der Waals surface area (Å²) in [5.41, 5.74) is 0.283. The van der Waals surface area contributed by atoms with Crippen LogP contribution in [0, 0.1) is 5.82 Å². The summed E-state index contributed by atoms with van der Waals surface area (Å²) in [5.74, 6) is -0.879. The van der Waals surface area contributed by atoms with Crippen LogP contribution in [0.3, 0.4) is 0 Å². The molecule has 0 unspecified atom stereocenters. The van der Waals surface area contributed by atoms with Gasteiger partial charge in [0, 0.05) is 6.20 Å². The molecule has 5 rings (SSSR count). The van der Waals surface area contributed by atoms with E-state index in [1.807, 2.05) is 0 Å². The molecule has 0 fully saturated rings. The van der Waals surface area contributed by atoms with Gasteiger partial charge in [-0.25, -0.2) is 9.37 Å². The predicted molar refractivity (Wildman–Crippen MR) is 112 cm³/mol. The van der Waals surface area contributed by atoms with Crippen molar-refractivity contribution in [2.45, 2.75) is 6.04 Å². The van der Waals surface area contributed by atoms with Gasteiger partial charge in [-0.2, -0.15) is 0 Å². The Labute approximate surface area is 179 Å². The fourth-order valence-electron chi connectivity index (χ4n) is 3.68. The standard InChI is InChI=1S/C22H11Cl2FN2O3/c23-14-6-4-11(9-15(14)24)19-18-20(28)13-10-12(25)5-7-16(13)30-21(18)22(29)27(19)17-3-1-2-8-26-17/h1-10,19H/t19-/m0/s1. The molecule has 3 heterocycles. The van der Waals surface area contributed by atoms with Crippen LogP contribution in [0.1, 0.15) is 27.7 Å². The first-order chi connectivity index (χ1) is 14.5. The van der Waals surface area contributed by atoms with E-state index in [4.69, 9.17) is 27.6 Å². The Bertz CT molecular complexity index is 1390. The molecule has 1 aliphatic heterocycles. The lowest BCUT2D eigenvalue weighted by Crippen LogP contribution is -2.30. The molecule has 30 heavy (non-hydrogen) atoms. The number of pyridine rings is 1. The van der Waals surface area contributed by atoms with Gasteiger partial charge in [0.25, 0.3) is 5.91 Å². The van der Waals surface area contributed by atoms with Crippen molar-refractivity contribution >= 4 is 45.9 Å². The second-order valence-corrected chi connectivity index (χ2v) is 7.57. The zero-order valence-corrected chi connectivity index (χ0v) is 16.6. The second-order valence-electron chi connectivity index (χ2n) is 6.75. The number of anilines is 1. The molecule has 0 radical (unpaired) electrons. The fourth-order valence-corrected chi connectivity index (χ4v) is 3.98. The van der Waals surface area contributed by atoms with Gasteiger partial charge < -0.3 is 4.42 Å². The maximum atomic E-state index is 13.8. The Hall–Kier alpha value is -3.22. The lowest BCUT2D eigenvalue weighted by Gasteiger charge is -2.24. The Morgan fingerprint density at radius 2 is 1.83 bits per heavy atom. The molecule has 5 nitrogen and oxygen atoms in total. The lowest BCUT2D eigenvalue weighted by atomic mass is 9.98. The Morgan fingerprint density at radius 1 is 1.00 bits per heavy atom. The summed E-state index contributed by atoms with van der Waals surface area (Å²) in [6.07, 6.45) is 1.54. The van der Waals surface area contributed by atoms with E-state index in [1.165, 1.54) is 17.0 Å². The molecule has 4 aromatic rings. The van der Waals surface area contributed by atoms with Crippen LogP contribution in [0.15, 0.2) is 70.0 Å². The molecular weight excluding hydrogens is 430 g/mol. The van der Waals surface area contributed by atoms with E-state index in [1.54, 1.807) is 42.6 Å². The van der Waals surface area contributed by atoms with Gasteiger partial charge in [0.2, 0.25) is 5.76 Å². The third-order valence-electron chi connectivity index (χ3n) is 4.99. The highest BCUT2D eigenvalue weighted by Gasteiger charge is 2.44. The summed E-state index contributed by atoms with van der Waals surface area (Å²) in [7, 11) is 0. The zero-order chi connectivity index (χ0) is 21.0. The van der Waals surface area contributed by atoms with E-state index < -0.39 is 23.2 Å². The van der Waals surface area contributed by atoms with E-state index in [0.717, 1.165) is 6.07 Å². The average molecular weight is 441 g/mol. The van der Waals surface area contributed by atoms with E-state index in [9.17, 15) is 14.0 Å². The number of benzene rings is 2. The molecule has 1 atom stereocenters. The first-order valence-corrected chi connectivity index (χ1v) is 9.67. The number of carbonyl (C=O) groups excluding carboxylic acids is 1. The predicted octanol–water partition coefficient (Wildman–Crippen LogP) is 5.38. The molecule has 1 amide bonds. The number of amides is 1. The molecule has 148 valence electrons. The van der Waals surface area contributed by atoms with Crippen molar-refractivity contribution in [2.24, 2.45) is 0 Å². The topological polar surface area (TPSA) is 63.4 Å². The summed E-state index contributed by atoms with van der Waals surface area (Å²) in [5, 5.41) is 0.656. The minimum Gasteiger partial charge on any atom is -0.450 e. The van der Waals surface area contributed by atoms with Gasteiger partial charge in [-0.05, 0) is 48.0 Å². The van der Waals surface area contributed by atoms with Crippen molar-refractivity contribution in [3.05, 3.63) is 104 Å². The van der Waals surface area contributed by atoms with Gasteiger partial charge in [-0.3, -0.25) is 14.5 Å². The van der Waals surface area contributed by atoms with Crippen LogP contribution in [0.2, 0.25) is 10.0 Å². The quantitative estimate of drug-likeness (QED) is 0.419. The molecule has 1 aliphatic rings. The number of fused-ring (bicyclic) bond motifs is 2. The maximum Gasteiger partial charge on any atom is 0.296 e. The highest BCUT2D eigenvalue weighted by atomic mass is 35.5. The number of halogens is 3. The van der Waals surface area contributed by atoms with Crippen molar-refractivity contribution < 1.29 is 13.6 Å². The van der Waals surface area contributed by atoms with Crippen molar-refractivity contribution in [3.8, 4) is 0 Å². The summed E-state index contributed by atoms with van der Waals surface area (Å²) in [4.78, 5) is 32.3. The van der Waals surface area contributed by atoms with Crippen LogP contribution < -0.4 is 10.3 Å². The fraction of sp³-hybridized carbons (Fsp3) is 0.0455. The van der Waals surface area contributed by atoms with Gasteiger partial charge in [0.1, 0.15) is 17.2 Å². The number of hydrogen-bond donors (Lipinski definition) is 0. The van der Waals surface area contributed by atoms with Gasteiger partial charge >= 0.3 is 0 Å². The number of rotatable bonds is 2. The van der Waals surface area contributed by atoms with Crippen LogP contribution in [0.4, 0.5) is 10.2 Å². The van der Waals surface area contributed by atoms with Crippen molar-refractivity contribution in [1.82, 2.24) is 4.98 Å². The average Bonchev–Trinajstić information content (AvgIpc) is 3.04. The Kier molecular flexibility index (Phi) is 4.34. The van der Waals surface area contributed by atoms with Gasteiger partial charge in [0.05, 0.1) is 27.0 Å². The molecule has 2 aromatic heterocycles. The highest BCUT2D eigenvalue weighted by molar-refractivity contribution is 6.42. The summed E-state index contributed by atoms with van der Waals surface area (Å²) in [6, 6.07) is 12.7. The Balaban J connectivity index is 1.84. The molecule has 0 N–H and O–H groups in total. The first-order valence-electron chi connectivity index (χ1n) is 8.91. The van der Waals surface area contributed by atoms with Crippen molar-refractivity contribution in [3.63, 3.8) is 0 Å². The third kappa shape index (κ3) is 2.80. The number of nitrogens with zero attached hydrogens (tertiary/aromatic N) is 2. The number of hydrogen-bond acceptors (Lipinski definition) is 4. The molecule has 0 spiro atoms. The smallest absolute Gasteiger partial charge is 0.296 e. The molecule has 8 heteroatoms. The molecule has 0 saturated heterocycles. The monoisotopic (exact) mass is 440 g/mol. The summed E-state index contributed by atoms with van der Waals surface area (Å²) < 4.78 is 19.6. The van der Waals surface area contributed by atoms with E-state index in [2.05, 4.69) is 4.98 Å². The first kappa shape index (κ1) is 18.8. The van der Waals surface area contributed by atoms with Gasteiger partial charge in [-0.15, -0.1) is 0 Å². The Morgan fingerprint density at radius 3 is 2.57 bits per heavy atom. The van der Waals surface area contributed by atoms with E-state index in [-0.39, 0.29) is 27.3 Å². The molecule has 0 bridgehead atoms. The van der Waals surface area contributed by atoms with Crippen molar-refractivity contribution in [1.29, 1.82) is 0 Å². The van der Waals surface area contributed by atoms with Crippen molar-refractivity contribution in [2.75, 3.05) is 4.90 Å². The van der Waals surface area contributed by atoms with E-state index in [0.29, 0.717) is 16.4 Å². The molecule has 0 aliphatic carbocycles. The molecule has 0 saturated carbocycles. The van der Waals surface area contributed by atoms with Gasteiger partial charge in [0.15, 0.2) is 5.43 Å². The SMILES string of the molecule is O=C1c2oc3ccc(F)cc3c(=O)c2[C@H](c2ccc(Cl)c(Cl)c2)N1c1ccccn1.